The second kappa shape index (κ2) is 6.41. The van der Waals surface area contributed by atoms with Crippen molar-refractivity contribution in [3.63, 3.8) is 0 Å². The molecule has 26 heavy (non-hydrogen) atoms. The quantitative estimate of drug-likeness (QED) is 0.767. The third-order valence-electron chi connectivity index (χ3n) is 4.80. The van der Waals surface area contributed by atoms with Gasteiger partial charge in [-0.05, 0) is 24.3 Å². The molecule has 136 valence electrons. The third-order valence-corrected chi connectivity index (χ3v) is 6.58. The van der Waals surface area contributed by atoms with Crippen LogP contribution in [0.5, 0.6) is 0 Å². The van der Waals surface area contributed by atoms with Gasteiger partial charge in [-0.1, -0.05) is 18.2 Å². The van der Waals surface area contributed by atoms with Gasteiger partial charge >= 0.3 is 0 Å². The van der Waals surface area contributed by atoms with Gasteiger partial charge in [0.25, 0.3) is 0 Å². The number of aryl methyl sites for hydroxylation is 1. The van der Waals surface area contributed by atoms with Gasteiger partial charge in [0.1, 0.15) is 5.82 Å². The van der Waals surface area contributed by atoms with Crippen LogP contribution in [-0.4, -0.2) is 39.2 Å². The van der Waals surface area contributed by atoms with Crippen LogP contribution in [0.15, 0.2) is 58.5 Å². The van der Waals surface area contributed by atoms with Gasteiger partial charge < -0.3 is 14.8 Å². The number of aromatic nitrogens is 1. The molecule has 1 N–H and O–H groups in total. The van der Waals surface area contributed by atoms with E-state index in [1.54, 1.807) is 6.20 Å². The monoisotopic (exact) mass is 373 g/mol. The molecular weight excluding hydrogens is 353 g/mol. The maximum absolute atomic E-state index is 13.6. The molecule has 2 heterocycles. The number of rotatable bonds is 3. The first kappa shape index (κ1) is 17.1. The van der Waals surface area contributed by atoms with Crippen LogP contribution < -0.4 is 10.2 Å². The highest BCUT2D eigenvalue weighted by molar-refractivity contribution is 7.91. The van der Waals surface area contributed by atoms with Crippen molar-refractivity contribution in [2.45, 2.75) is 9.79 Å². The molecule has 7 heteroatoms. The van der Waals surface area contributed by atoms with Gasteiger partial charge in [-0.15, -0.1) is 0 Å². The molecule has 0 amide bonds. The number of nitrogens with zero attached hydrogens (tertiary/aromatic N) is 2. The number of hydrogen-bond acceptors (Lipinski definition) is 4. The molecule has 0 bridgehead atoms. The summed E-state index contributed by atoms with van der Waals surface area (Å²) in [5, 5.41) is 3.98. The van der Waals surface area contributed by atoms with Crippen molar-refractivity contribution >= 4 is 26.4 Å². The predicted molar refractivity (Wildman–Crippen MR) is 99.9 cm³/mol. The lowest BCUT2D eigenvalue weighted by molar-refractivity contribution is 0.590. The Morgan fingerprint density at radius 1 is 1.08 bits per heavy atom. The van der Waals surface area contributed by atoms with E-state index >= 15 is 0 Å². The first-order valence-corrected chi connectivity index (χ1v) is 10.0. The van der Waals surface area contributed by atoms with Crippen LogP contribution >= 0.6 is 0 Å². The molecule has 1 aromatic heterocycles. The van der Waals surface area contributed by atoms with Gasteiger partial charge in [-0.3, -0.25) is 0 Å². The Bertz CT molecular complexity index is 1070. The fraction of sp³-hybridized carbons (Fsp3) is 0.263. The summed E-state index contributed by atoms with van der Waals surface area (Å²) in [6.45, 7) is 3.54. The summed E-state index contributed by atoms with van der Waals surface area (Å²) < 4.78 is 41.6. The summed E-state index contributed by atoms with van der Waals surface area (Å²) in [4.78, 5) is 2.44. The average Bonchev–Trinajstić information content (AvgIpc) is 3.00. The molecule has 0 atom stereocenters. The first-order valence-electron chi connectivity index (χ1n) is 8.53. The van der Waals surface area contributed by atoms with Crippen molar-refractivity contribution in [3.8, 4) is 0 Å². The molecule has 0 aliphatic carbocycles. The molecule has 1 aliphatic heterocycles. The van der Waals surface area contributed by atoms with Crippen LogP contribution in [0.3, 0.4) is 0 Å². The van der Waals surface area contributed by atoms with E-state index in [1.165, 1.54) is 18.2 Å². The molecule has 0 unspecified atom stereocenters. The topological polar surface area (TPSA) is 54.3 Å². The fourth-order valence-corrected chi connectivity index (χ4v) is 5.08. The Hall–Kier alpha value is -2.38. The lowest BCUT2D eigenvalue weighted by Gasteiger charge is -2.30. The normalized spacial score (nSPS) is 15.5. The molecule has 1 aliphatic rings. The number of nitrogens with one attached hydrogen (secondary N) is 1. The Balaban J connectivity index is 1.90. The van der Waals surface area contributed by atoms with Crippen LogP contribution in [0.1, 0.15) is 0 Å². The summed E-state index contributed by atoms with van der Waals surface area (Å²) >= 11 is 0. The van der Waals surface area contributed by atoms with Crippen molar-refractivity contribution in [1.82, 2.24) is 9.88 Å². The highest BCUT2D eigenvalue weighted by Crippen LogP contribution is 2.35. The molecule has 2 aromatic carbocycles. The van der Waals surface area contributed by atoms with Gasteiger partial charge in [0.05, 0.1) is 21.0 Å². The summed E-state index contributed by atoms with van der Waals surface area (Å²) in [5.74, 6) is -0.562. The summed E-state index contributed by atoms with van der Waals surface area (Å²) in [5.41, 5.74) is 1.90. The summed E-state index contributed by atoms with van der Waals surface area (Å²) in [7, 11) is -1.96. The van der Waals surface area contributed by atoms with Crippen molar-refractivity contribution in [1.29, 1.82) is 0 Å². The highest BCUT2D eigenvalue weighted by atomic mass is 32.2. The van der Waals surface area contributed by atoms with E-state index in [0.29, 0.717) is 5.39 Å². The van der Waals surface area contributed by atoms with E-state index in [2.05, 4.69) is 10.2 Å². The van der Waals surface area contributed by atoms with E-state index in [0.717, 1.165) is 43.4 Å². The highest BCUT2D eigenvalue weighted by Gasteiger charge is 2.25. The number of para-hydroxylation sites is 1. The minimum absolute atomic E-state index is 0.0300. The minimum Gasteiger partial charge on any atom is -0.367 e. The lowest BCUT2D eigenvalue weighted by atomic mass is 10.2. The molecule has 0 spiro atoms. The van der Waals surface area contributed by atoms with Crippen molar-refractivity contribution in [2.24, 2.45) is 7.05 Å². The molecule has 0 saturated carbocycles. The van der Waals surface area contributed by atoms with E-state index in [1.807, 2.05) is 29.8 Å². The Kier molecular flexibility index (Phi) is 4.20. The number of anilines is 1. The number of fused-ring (bicyclic) bond motifs is 1. The van der Waals surface area contributed by atoms with Gasteiger partial charge in [0, 0.05) is 44.8 Å². The number of hydrogen-bond donors (Lipinski definition) is 1. The largest absolute Gasteiger partial charge is 0.367 e. The summed E-state index contributed by atoms with van der Waals surface area (Å²) in [6, 6.07) is 10.9. The standard InChI is InChI=1S/C19H20FN3O2S/c1-22-13-18(26(24,25)15-5-2-4-14(20)12-15)16-6-3-7-17(19(16)22)23-10-8-21-9-11-23/h2-7,12-13,21H,8-11H2,1H3. The van der Waals surface area contributed by atoms with Crippen LogP contribution in [0, 0.1) is 5.82 Å². The molecule has 3 aromatic rings. The fourth-order valence-electron chi connectivity index (χ4n) is 3.55. The van der Waals surface area contributed by atoms with E-state index in [-0.39, 0.29) is 9.79 Å². The molecular formula is C19H20FN3O2S. The number of piperazine rings is 1. The maximum atomic E-state index is 13.6. The Morgan fingerprint density at radius 3 is 2.54 bits per heavy atom. The van der Waals surface area contributed by atoms with Crippen LogP contribution in [0.4, 0.5) is 10.1 Å². The second-order valence-corrected chi connectivity index (χ2v) is 8.39. The van der Waals surface area contributed by atoms with Crippen molar-refractivity contribution in [3.05, 3.63) is 54.5 Å². The van der Waals surface area contributed by atoms with Gasteiger partial charge in [0.15, 0.2) is 0 Å². The zero-order chi connectivity index (χ0) is 18.3. The first-order chi connectivity index (χ1) is 12.5. The second-order valence-electron chi connectivity index (χ2n) is 6.48. The Morgan fingerprint density at radius 2 is 1.81 bits per heavy atom. The summed E-state index contributed by atoms with van der Waals surface area (Å²) in [6.07, 6.45) is 1.62. The number of sulfone groups is 1. The van der Waals surface area contributed by atoms with Crippen LogP contribution in [0.25, 0.3) is 10.9 Å². The smallest absolute Gasteiger partial charge is 0.208 e. The van der Waals surface area contributed by atoms with Gasteiger partial charge in [-0.2, -0.15) is 0 Å². The SMILES string of the molecule is Cn1cc(S(=O)(=O)c2cccc(F)c2)c2cccc(N3CCNCC3)c21. The molecule has 0 radical (unpaired) electrons. The minimum atomic E-state index is -3.81. The zero-order valence-corrected chi connectivity index (χ0v) is 15.3. The van der Waals surface area contributed by atoms with E-state index < -0.39 is 15.7 Å². The maximum Gasteiger partial charge on any atom is 0.208 e. The Labute approximate surface area is 152 Å². The van der Waals surface area contributed by atoms with E-state index in [9.17, 15) is 12.8 Å². The van der Waals surface area contributed by atoms with Crippen LogP contribution in [0.2, 0.25) is 0 Å². The lowest BCUT2D eigenvalue weighted by Crippen LogP contribution is -2.43. The third kappa shape index (κ3) is 2.77. The number of halogens is 1. The van der Waals surface area contributed by atoms with Crippen LogP contribution in [-0.2, 0) is 16.9 Å². The molecule has 1 fully saturated rings. The van der Waals surface area contributed by atoms with Gasteiger partial charge in [0.2, 0.25) is 9.84 Å². The predicted octanol–water partition coefficient (Wildman–Crippen LogP) is 2.56. The van der Waals surface area contributed by atoms with Crippen molar-refractivity contribution in [2.75, 3.05) is 31.1 Å². The molecule has 1 saturated heterocycles. The van der Waals surface area contributed by atoms with Crippen molar-refractivity contribution < 1.29 is 12.8 Å². The number of benzene rings is 2. The van der Waals surface area contributed by atoms with Gasteiger partial charge in [-0.25, -0.2) is 12.8 Å². The molecule has 4 rings (SSSR count). The molecule has 5 nitrogen and oxygen atoms in total. The average molecular weight is 373 g/mol. The zero-order valence-electron chi connectivity index (χ0n) is 14.4. The van der Waals surface area contributed by atoms with E-state index in [4.69, 9.17) is 0 Å².